The minimum absolute atomic E-state index is 0.200. The number of rotatable bonds is 3. The molecule has 0 aliphatic rings. The Balaban J connectivity index is 2.37. The number of methoxy groups -OCH3 is 1. The molecule has 0 radical (unpaired) electrons. The molecule has 5 heteroatoms. The average molecular weight is 345 g/mol. The normalized spacial score (nSPS) is 9.81. The van der Waals surface area contributed by atoms with Crippen LogP contribution in [-0.4, -0.2) is 20.1 Å². The topological polar surface area (TPSA) is 53.3 Å². The number of carbonyl (C=O) groups excluding carboxylic acids is 1. The monoisotopic (exact) mass is 344 g/mol. The van der Waals surface area contributed by atoms with Gasteiger partial charge in [-0.05, 0) is 36.4 Å². The predicted molar refractivity (Wildman–Crippen MR) is 84.6 cm³/mol. The van der Waals surface area contributed by atoms with Gasteiger partial charge in [0.15, 0.2) is 0 Å². The highest BCUT2D eigenvalue weighted by molar-refractivity contribution is 9.10. The first kappa shape index (κ1) is 15.1. The third-order valence-electron chi connectivity index (χ3n) is 3.06. The number of anilines is 1. The zero-order valence-corrected chi connectivity index (χ0v) is 13.2. The standard InChI is InChI=1S/C16H13BrN2O2/c1-19(13-5-3-4-11(8-13)10-18)16(20)14-7-6-12(17)9-15(14)21-2/h3-9H,1-2H3. The van der Waals surface area contributed by atoms with Crippen LogP contribution in [-0.2, 0) is 0 Å². The molecule has 2 aromatic carbocycles. The second-order valence-electron chi connectivity index (χ2n) is 4.37. The first-order valence-corrected chi connectivity index (χ1v) is 6.98. The van der Waals surface area contributed by atoms with E-state index in [1.54, 1.807) is 49.5 Å². The molecule has 0 aromatic heterocycles. The van der Waals surface area contributed by atoms with E-state index in [2.05, 4.69) is 22.0 Å². The molecular formula is C16H13BrN2O2. The summed E-state index contributed by atoms with van der Waals surface area (Å²) in [5.41, 5.74) is 1.63. The van der Waals surface area contributed by atoms with Gasteiger partial charge in [-0.3, -0.25) is 4.79 Å². The Morgan fingerprint density at radius 3 is 2.71 bits per heavy atom. The molecule has 0 unspecified atom stereocenters. The molecule has 21 heavy (non-hydrogen) atoms. The molecule has 1 amide bonds. The molecule has 0 N–H and O–H groups in total. The second-order valence-corrected chi connectivity index (χ2v) is 5.29. The van der Waals surface area contributed by atoms with Gasteiger partial charge in [-0.15, -0.1) is 0 Å². The number of hydrogen-bond donors (Lipinski definition) is 0. The van der Waals surface area contributed by atoms with Crippen LogP contribution >= 0.6 is 15.9 Å². The minimum Gasteiger partial charge on any atom is -0.496 e. The molecule has 0 spiro atoms. The molecule has 0 atom stereocenters. The lowest BCUT2D eigenvalue weighted by Gasteiger charge is -2.19. The average Bonchev–Trinajstić information content (AvgIpc) is 2.53. The largest absolute Gasteiger partial charge is 0.496 e. The predicted octanol–water partition coefficient (Wildman–Crippen LogP) is 3.61. The zero-order valence-electron chi connectivity index (χ0n) is 11.6. The molecule has 0 fully saturated rings. The Hall–Kier alpha value is -2.32. The van der Waals surface area contributed by atoms with Crippen LogP contribution in [0.2, 0.25) is 0 Å². The van der Waals surface area contributed by atoms with Crippen LogP contribution in [0.15, 0.2) is 46.9 Å². The highest BCUT2D eigenvalue weighted by atomic mass is 79.9. The second kappa shape index (κ2) is 6.42. The maximum atomic E-state index is 12.6. The van der Waals surface area contributed by atoms with Crippen molar-refractivity contribution in [2.45, 2.75) is 0 Å². The number of nitrogens with zero attached hydrogens (tertiary/aromatic N) is 2. The van der Waals surface area contributed by atoms with Crippen LogP contribution in [0.25, 0.3) is 0 Å². The summed E-state index contributed by atoms with van der Waals surface area (Å²) in [5, 5.41) is 8.93. The summed E-state index contributed by atoms with van der Waals surface area (Å²) in [6.07, 6.45) is 0. The van der Waals surface area contributed by atoms with E-state index in [4.69, 9.17) is 10.00 Å². The van der Waals surface area contributed by atoms with Crippen LogP contribution in [0.1, 0.15) is 15.9 Å². The third kappa shape index (κ3) is 3.23. The van der Waals surface area contributed by atoms with Crippen molar-refractivity contribution < 1.29 is 9.53 Å². The Kier molecular flexibility index (Phi) is 4.61. The molecule has 2 rings (SSSR count). The molecule has 0 heterocycles. The summed E-state index contributed by atoms with van der Waals surface area (Å²) in [5.74, 6) is 0.298. The zero-order chi connectivity index (χ0) is 15.4. The maximum Gasteiger partial charge on any atom is 0.261 e. The molecule has 106 valence electrons. The summed E-state index contributed by atoms with van der Waals surface area (Å²) in [6, 6.07) is 14.2. The van der Waals surface area contributed by atoms with Gasteiger partial charge < -0.3 is 9.64 Å². The molecule has 2 aromatic rings. The molecular weight excluding hydrogens is 332 g/mol. The smallest absolute Gasteiger partial charge is 0.261 e. The van der Waals surface area contributed by atoms with E-state index in [1.165, 1.54) is 12.0 Å². The van der Waals surface area contributed by atoms with Gasteiger partial charge in [0, 0.05) is 17.2 Å². The van der Waals surface area contributed by atoms with Crippen LogP contribution in [0.4, 0.5) is 5.69 Å². The maximum absolute atomic E-state index is 12.6. The van der Waals surface area contributed by atoms with Crippen molar-refractivity contribution in [3.8, 4) is 11.8 Å². The molecule has 0 saturated carbocycles. The van der Waals surface area contributed by atoms with Gasteiger partial charge in [0.25, 0.3) is 5.91 Å². The fourth-order valence-electron chi connectivity index (χ4n) is 1.92. The highest BCUT2D eigenvalue weighted by Gasteiger charge is 2.18. The molecule has 0 saturated heterocycles. The van der Waals surface area contributed by atoms with Crippen LogP contribution in [0.5, 0.6) is 5.75 Å². The third-order valence-corrected chi connectivity index (χ3v) is 3.55. The van der Waals surface area contributed by atoms with E-state index in [9.17, 15) is 4.79 Å². The summed E-state index contributed by atoms with van der Waals surface area (Å²) in [6.45, 7) is 0. The molecule has 0 aliphatic carbocycles. The van der Waals surface area contributed by atoms with Crippen molar-refractivity contribution in [2.24, 2.45) is 0 Å². The molecule has 0 aliphatic heterocycles. The van der Waals surface area contributed by atoms with Crippen molar-refractivity contribution >= 4 is 27.5 Å². The molecule has 0 bridgehead atoms. The van der Waals surface area contributed by atoms with E-state index in [0.717, 1.165) is 4.47 Å². The van der Waals surface area contributed by atoms with E-state index >= 15 is 0 Å². The van der Waals surface area contributed by atoms with Gasteiger partial charge in [-0.2, -0.15) is 5.26 Å². The van der Waals surface area contributed by atoms with E-state index in [0.29, 0.717) is 22.6 Å². The number of amides is 1. The van der Waals surface area contributed by atoms with E-state index in [1.807, 2.05) is 0 Å². The number of carbonyl (C=O) groups is 1. The van der Waals surface area contributed by atoms with Gasteiger partial charge in [0.1, 0.15) is 5.75 Å². The van der Waals surface area contributed by atoms with Gasteiger partial charge in [-0.25, -0.2) is 0 Å². The Morgan fingerprint density at radius 1 is 1.29 bits per heavy atom. The van der Waals surface area contributed by atoms with Gasteiger partial charge in [0.05, 0.1) is 24.3 Å². The first-order chi connectivity index (χ1) is 10.1. The van der Waals surface area contributed by atoms with Crippen molar-refractivity contribution in [3.05, 3.63) is 58.1 Å². The van der Waals surface area contributed by atoms with Crippen molar-refractivity contribution in [2.75, 3.05) is 19.1 Å². The number of ether oxygens (including phenoxy) is 1. The summed E-state index contributed by atoms with van der Waals surface area (Å²) < 4.78 is 6.09. The van der Waals surface area contributed by atoms with Gasteiger partial charge >= 0.3 is 0 Å². The quantitative estimate of drug-likeness (QED) is 0.854. The van der Waals surface area contributed by atoms with Crippen molar-refractivity contribution in [3.63, 3.8) is 0 Å². The first-order valence-electron chi connectivity index (χ1n) is 6.18. The lowest BCUT2D eigenvalue weighted by atomic mass is 10.1. The van der Waals surface area contributed by atoms with Crippen LogP contribution in [0, 0.1) is 11.3 Å². The summed E-state index contributed by atoms with van der Waals surface area (Å²) >= 11 is 3.35. The molecule has 4 nitrogen and oxygen atoms in total. The number of hydrogen-bond acceptors (Lipinski definition) is 3. The van der Waals surface area contributed by atoms with Crippen molar-refractivity contribution in [1.82, 2.24) is 0 Å². The number of halogens is 1. The SMILES string of the molecule is COc1cc(Br)ccc1C(=O)N(C)c1cccc(C#N)c1. The van der Waals surface area contributed by atoms with Crippen LogP contribution in [0.3, 0.4) is 0 Å². The highest BCUT2D eigenvalue weighted by Crippen LogP contribution is 2.26. The Bertz CT molecular complexity index is 722. The van der Waals surface area contributed by atoms with Gasteiger partial charge in [-0.1, -0.05) is 22.0 Å². The van der Waals surface area contributed by atoms with E-state index in [-0.39, 0.29) is 5.91 Å². The lowest BCUT2D eigenvalue weighted by Crippen LogP contribution is -2.26. The Labute approximate surface area is 131 Å². The fraction of sp³-hybridized carbons (Fsp3) is 0.125. The summed E-state index contributed by atoms with van der Waals surface area (Å²) in [7, 11) is 3.19. The fourth-order valence-corrected chi connectivity index (χ4v) is 2.26. The van der Waals surface area contributed by atoms with Crippen molar-refractivity contribution in [1.29, 1.82) is 5.26 Å². The number of benzene rings is 2. The van der Waals surface area contributed by atoms with Gasteiger partial charge in [0.2, 0.25) is 0 Å². The van der Waals surface area contributed by atoms with Crippen LogP contribution < -0.4 is 9.64 Å². The van der Waals surface area contributed by atoms with E-state index < -0.39 is 0 Å². The lowest BCUT2D eigenvalue weighted by molar-refractivity contribution is 0.0990. The minimum atomic E-state index is -0.200. The Morgan fingerprint density at radius 2 is 2.05 bits per heavy atom. The number of nitriles is 1. The summed E-state index contributed by atoms with van der Waals surface area (Å²) in [4.78, 5) is 14.1.